The molecule has 2 aromatic carbocycles. The Labute approximate surface area is 202 Å². The molecule has 1 aliphatic rings. The molecule has 0 spiro atoms. The van der Waals surface area contributed by atoms with Crippen LogP contribution in [-0.4, -0.2) is 43.6 Å². The van der Waals surface area contributed by atoms with Crippen LogP contribution in [0.4, 0.5) is 0 Å². The van der Waals surface area contributed by atoms with Crippen molar-refractivity contribution in [3.8, 4) is 5.75 Å². The predicted molar refractivity (Wildman–Crippen MR) is 134 cm³/mol. The quantitative estimate of drug-likeness (QED) is 0.248. The van der Waals surface area contributed by atoms with E-state index in [1.807, 2.05) is 30.3 Å². The van der Waals surface area contributed by atoms with E-state index in [0.717, 1.165) is 55.3 Å². The molecule has 168 valence electrons. The monoisotopic (exact) mass is 537 g/mol. The molecule has 1 fully saturated rings. The molecule has 2 aromatic rings. The van der Waals surface area contributed by atoms with Crippen molar-refractivity contribution in [2.24, 2.45) is 10.9 Å². The van der Waals surface area contributed by atoms with E-state index in [4.69, 9.17) is 14.5 Å². The highest BCUT2D eigenvalue weighted by atomic mass is 127. The van der Waals surface area contributed by atoms with E-state index in [9.17, 15) is 4.79 Å². The fourth-order valence-corrected chi connectivity index (χ4v) is 3.51. The second-order valence-electron chi connectivity index (χ2n) is 7.37. The first-order valence-corrected chi connectivity index (χ1v) is 10.6. The largest absolute Gasteiger partial charge is 0.489 e. The van der Waals surface area contributed by atoms with Crippen molar-refractivity contribution < 1.29 is 14.3 Å². The number of carbonyl (C=O) groups excluding carboxylic acids is 1. The smallest absolute Gasteiger partial charge is 0.308 e. The molecule has 0 bridgehead atoms. The Hall–Kier alpha value is -2.29. The van der Waals surface area contributed by atoms with E-state index >= 15 is 0 Å². The number of ether oxygens (including phenoxy) is 2. The number of nitrogens with one attached hydrogen (secondary N) is 1. The predicted octanol–water partition coefficient (Wildman–Crippen LogP) is 4.23. The van der Waals surface area contributed by atoms with Crippen LogP contribution in [0.15, 0.2) is 59.6 Å². The Morgan fingerprint density at radius 3 is 2.32 bits per heavy atom. The van der Waals surface area contributed by atoms with Crippen molar-refractivity contribution in [1.82, 2.24) is 10.2 Å². The van der Waals surface area contributed by atoms with E-state index in [0.29, 0.717) is 13.2 Å². The molecular weight excluding hydrogens is 505 g/mol. The number of halogens is 1. The minimum Gasteiger partial charge on any atom is -0.489 e. The molecule has 1 N–H and O–H groups in total. The number of aliphatic imine (C=N–C) groups is 1. The van der Waals surface area contributed by atoms with Gasteiger partial charge in [0.2, 0.25) is 0 Å². The van der Waals surface area contributed by atoms with Gasteiger partial charge in [-0.25, -0.2) is 4.99 Å². The van der Waals surface area contributed by atoms with Gasteiger partial charge < -0.3 is 19.7 Å². The summed E-state index contributed by atoms with van der Waals surface area (Å²) in [5.74, 6) is 1.67. The van der Waals surface area contributed by atoms with Crippen LogP contribution in [0.5, 0.6) is 5.75 Å². The number of para-hydroxylation sites is 1. The summed E-state index contributed by atoms with van der Waals surface area (Å²) in [6.45, 7) is 5.65. The summed E-state index contributed by atoms with van der Waals surface area (Å²) in [4.78, 5) is 18.8. The number of esters is 1. The Morgan fingerprint density at radius 1 is 1.06 bits per heavy atom. The number of hydrogen-bond acceptors (Lipinski definition) is 4. The molecule has 0 saturated carbocycles. The minimum atomic E-state index is -0.104. The van der Waals surface area contributed by atoms with Crippen LogP contribution in [0.2, 0.25) is 0 Å². The van der Waals surface area contributed by atoms with Gasteiger partial charge in [0.15, 0.2) is 5.96 Å². The molecule has 7 heteroatoms. The maximum Gasteiger partial charge on any atom is 0.308 e. The molecule has 0 amide bonds. The maximum absolute atomic E-state index is 11.7. The van der Waals surface area contributed by atoms with Gasteiger partial charge in [0.1, 0.15) is 12.4 Å². The molecule has 1 aliphatic heterocycles. The lowest BCUT2D eigenvalue weighted by Gasteiger charge is -2.33. The van der Waals surface area contributed by atoms with Crippen LogP contribution >= 0.6 is 24.0 Å². The van der Waals surface area contributed by atoms with Gasteiger partial charge in [-0.3, -0.25) is 4.79 Å². The Morgan fingerprint density at radius 2 is 1.71 bits per heavy atom. The summed E-state index contributed by atoms with van der Waals surface area (Å²) in [5, 5.41) is 3.37. The van der Waals surface area contributed by atoms with Gasteiger partial charge in [-0.1, -0.05) is 42.5 Å². The van der Waals surface area contributed by atoms with Gasteiger partial charge in [-0.2, -0.15) is 0 Å². The third-order valence-electron chi connectivity index (χ3n) is 5.25. The van der Waals surface area contributed by atoms with Crippen LogP contribution in [-0.2, 0) is 22.7 Å². The first-order valence-electron chi connectivity index (χ1n) is 10.6. The van der Waals surface area contributed by atoms with Crippen molar-refractivity contribution in [1.29, 1.82) is 0 Å². The molecule has 0 atom stereocenters. The number of likely N-dealkylation sites (tertiary alicyclic amines) is 1. The third kappa shape index (κ3) is 7.72. The van der Waals surface area contributed by atoms with Crippen LogP contribution in [0.1, 0.15) is 30.9 Å². The van der Waals surface area contributed by atoms with Crippen molar-refractivity contribution in [3.63, 3.8) is 0 Å². The molecule has 0 unspecified atom stereocenters. The lowest BCUT2D eigenvalue weighted by molar-refractivity contribution is -0.146. The van der Waals surface area contributed by atoms with Crippen molar-refractivity contribution in [3.05, 3.63) is 65.7 Å². The second-order valence-corrected chi connectivity index (χ2v) is 7.37. The van der Waals surface area contributed by atoms with E-state index < -0.39 is 0 Å². The average molecular weight is 537 g/mol. The van der Waals surface area contributed by atoms with Gasteiger partial charge in [-0.15, -0.1) is 24.0 Å². The van der Waals surface area contributed by atoms with Gasteiger partial charge in [0, 0.05) is 19.6 Å². The number of benzene rings is 2. The summed E-state index contributed by atoms with van der Waals surface area (Å²) in [7, 11) is 1.46. The Balaban J connectivity index is 0.00000341. The normalized spacial score (nSPS) is 14.5. The van der Waals surface area contributed by atoms with Gasteiger partial charge >= 0.3 is 5.97 Å². The summed E-state index contributed by atoms with van der Waals surface area (Å²) < 4.78 is 10.7. The fraction of sp³-hybridized carbons (Fsp3) is 0.417. The van der Waals surface area contributed by atoms with Crippen molar-refractivity contribution in [2.45, 2.75) is 32.9 Å². The standard InChI is InChI=1S/C24H31N3O3.HI/c1-3-25-24(27-15-13-21(14-16-27)23(28)29-2)26-17-19-9-11-20(12-10-19)18-30-22-7-5-4-6-8-22;/h4-12,21H,3,13-18H2,1-2H3,(H,25,26);1H. The number of hydrogen-bond donors (Lipinski definition) is 1. The maximum atomic E-state index is 11.7. The highest BCUT2D eigenvalue weighted by Gasteiger charge is 2.26. The zero-order valence-corrected chi connectivity index (χ0v) is 20.6. The molecule has 0 radical (unpaired) electrons. The van der Waals surface area contributed by atoms with Crippen molar-refractivity contribution >= 4 is 35.9 Å². The summed E-state index contributed by atoms with van der Waals surface area (Å²) >= 11 is 0. The van der Waals surface area contributed by atoms with Crippen LogP contribution in [0, 0.1) is 5.92 Å². The summed E-state index contributed by atoms with van der Waals surface area (Å²) in [5.41, 5.74) is 2.28. The van der Waals surface area contributed by atoms with E-state index in [1.165, 1.54) is 7.11 Å². The molecule has 31 heavy (non-hydrogen) atoms. The van der Waals surface area contributed by atoms with Gasteiger partial charge in [0.25, 0.3) is 0 Å². The first kappa shape index (κ1) is 25.0. The number of methoxy groups -OCH3 is 1. The van der Waals surface area contributed by atoms with Gasteiger partial charge in [0.05, 0.1) is 19.6 Å². The fourth-order valence-electron chi connectivity index (χ4n) is 3.51. The summed E-state index contributed by atoms with van der Waals surface area (Å²) in [6.07, 6.45) is 1.60. The molecule has 3 rings (SSSR count). The van der Waals surface area contributed by atoms with Crippen LogP contribution in [0.3, 0.4) is 0 Å². The SMILES string of the molecule is CCNC(=NCc1ccc(COc2ccccc2)cc1)N1CCC(C(=O)OC)CC1.I. The average Bonchev–Trinajstić information content (AvgIpc) is 2.81. The third-order valence-corrected chi connectivity index (χ3v) is 5.25. The van der Waals surface area contributed by atoms with Crippen molar-refractivity contribution in [2.75, 3.05) is 26.7 Å². The topological polar surface area (TPSA) is 63.2 Å². The zero-order chi connectivity index (χ0) is 21.2. The lowest BCUT2D eigenvalue weighted by Crippen LogP contribution is -2.46. The second kappa shape index (κ2) is 13.2. The van der Waals surface area contributed by atoms with E-state index in [-0.39, 0.29) is 35.9 Å². The number of nitrogens with zero attached hydrogens (tertiary/aromatic N) is 2. The van der Waals surface area contributed by atoms with Crippen LogP contribution < -0.4 is 10.1 Å². The number of guanidine groups is 1. The van der Waals surface area contributed by atoms with Crippen LogP contribution in [0.25, 0.3) is 0 Å². The number of rotatable bonds is 7. The zero-order valence-electron chi connectivity index (χ0n) is 18.3. The van der Waals surface area contributed by atoms with E-state index in [2.05, 4.69) is 41.4 Å². The molecule has 6 nitrogen and oxygen atoms in total. The van der Waals surface area contributed by atoms with E-state index in [1.54, 1.807) is 0 Å². The molecule has 1 heterocycles. The first-order chi connectivity index (χ1) is 14.7. The number of carbonyl (C=O) groups is 1. The Kier molecular flexibility index (Phi) is 10.6. The number of piperidine rings is 1. The lowest BCUT2D eigenvalue weighted by atomic mass is 9.97. The molecular formula is C24H32IN3O3. The van der Waals surface area contributed by atoms with Gasteiger partial charge in [-0.05, 0) is 43.0 Å². The summed E-state index contributed by atoms with van der Waals surface area (Å²) in [6, 6.07) is 18.2. The highest BCUT2D eigenvalue weighted by molar-refractivity contribution is 14.0. The molecule has 0 aromatic heterocycles. The molecule has 0 aliphatic carbocycles. The minimum absolute atomic E-state index is 0. The highest BCUT2D eigenvalue weighted by Crippen LogP contribution is 2.19. The Bertz CT molecular complexity index is 820. The molecule has 1 saturated heterocycles.